The average Bonchev–Trinajstić information content (AvgIpc) is 2.72. The lowest BCUT2D eigenvalue weighted by atomic mass is 9.81. The van der Waals surface area contributed by atoms with Crippen molar-refractivity contribution < 1.29 is 9.47 Å². The van der Waals surface area contributed by atoms with Crippen LogP contribution in [0.5, 0.6) is 11.5 Å². The standard InChI is InChI=1S/C24H28O2/c1-3-19-4-8-22(9-5-19)18-26-24-16-12-21(13-17-24)7-6-20-10-14-23(25-2)15-11-20/h10-17,19,22H,3-5,8-9,18H2,1-2H3/t19-,22-. The van der Waals surface area contributed by atoms with Gasteiger partial charge in [0.2, 0.25) is 0 Å². The lowest BCUT2D eigenvalue weighted by Crippen LogP contribution is -2.19. The van der Waals surface area contributed by atoms with Crippen molar-refractivity contribution in [3.8, 4) is 23.3 Å². The summed E-state index contributed by atoms with van der Waals surface area (Å²) in [4.78, 5) is 0. The molecule has 2 heteroatoms. The Bertz CT molecular complexity index is 727. The van der Waals surface area contributed by atoms with E-state index in [4.69, 9.17) is 9.47 Å². The molecule has 26 heavy (non-hydrogen) atoms. The van der Waals surface area contributed by atoms with Crippen molar-refractivity contribution in [2.24, 2.45) is 11.8 Å². The Labute approximate surface area is 157 Å². The first-order valence-corrected chi connectivity index (χ1v) is 9.65. The zero-order valence-electron chi connectivity index (χ0n) is 15.8. The first kappa shape index (κ1) is 18.4. The third kappa shape index (κ3) is 5.30. The molecule has 0 amide bonds. The molecule has 0 saturated heterocycles. The summed E-state index contributed by atoms with van der Waals surface area (Å²) < 4.78 is 11.2. The molecule has 3 rings (SSSR count). The Morgan fingerprint density at radius 3 is 1.77 bits per heavy atom. The molecule has 1 saturated carbocycles. The molecule has 0 heterocycles. The molecule has 2 nitrogen and oxygen atoms in total. The summed E-state index contributed by atoms with van der Waals surface area (Å²) in [6.45, 7) is 3.15. The predicted molar refractivity (Wildman–Crippen MR) is 107 cm³/mol. The molecular formula is C24H28O2. The molecular weight excluding hydrogens is 320 g/mol. The third-order valence-electron chi connectivity index (χ3n) is 5.32. The molecule has 0 aliphatic heterocycles. The van der Waals surface area contributed by atoms with Gasteiger partial charge < -0.3 is 9.47 Å². The Kier molecular flexibility index (Phi) is 6.61. The van der Waals surface area contributed by atoms with E-state index in [2.05, 4.69) is 18.8 Å². The number of ether oxygens (including phenoxy) is 2. The molecule has 0 unspecified atom stereocenters. The molecule has 0 radical (unpaired) electrons. The summed E-state index contributed by atoms with van der Waals surface area (Å²) in [6, 6.07) is 15.9. The Morgan fingerprint density at radius 1 is 0.769 bits per heavy atom. The zero-order valence-corrected chi connectivity index (χ0v) is 15.8. The van der Waals surface area contributed by atoms with Gasteiger partial charge in [-0.2, -0.15) is 0 Å². The number of rotatable bonds is 5. The fourth-order valence-corrected chi connectivity index (χ4v) is 3.47. The maximum absolute atomic E-state index is 6.00. The molecule has 0 aromatic heterocycles. The summed E-state index contributed by atoms with van der Waals surface area (Å²) in [5.41, 5.74) is 1.98. The monoisotopic (exact) mass is 348 g/mol. The molecule has 0 atom stereocenters. The van der Waals surface area contributed by atoms with Crippen LogP contribution in [0.2, 0.25) is 0 Å². The maximum atomic E-state index is 6.00. The van der Waals surface area contributed by atoms with Crippen LogP contribution in [0.25, 0.3) is 0 Å². The first-order chi connectivity index (χ1) is 12.8. The van der Waals surface area contributed by atoms with E-state index < -0.39 is 0 Å². The van der Waals surface area contributed by atoms with Crippen LogP contribution in [0.1, 0.15) is 50.2 Å². The van der Waals surface area contributed by atoms with E-state index in [9.17, 15) is 0 Å². The predicted octanol–water partition coefficient (Wildman–Crippen LogP) is 5.69. The Morgan fingerprint density at radius 2 is 1.27 bits per heavy atom. The van der Waals surface area contributed by atoms with Crippen molar-refractivity contribution >= 4 is 0 Å². The van der Waals surface area contributed by atoms with Crippen molar-refractivity contribution in [2.75, 3.05) is 13.7 Å². The van der Waals surface area contributed by atoms with Crippen LogP contribution < -0.4 is 9.47 Å². The molecule has 2 aromatic carbocycles. The summed E-state index contributed by atoms with van der Waals surface area (Å²) in [5.74, 6) is 9.82. The van der Waals surface area contributed by atoms with Crippen molar-refractivity contribution in [1.29, 1.82) is 0 Å². The van der Waals surface area contributed by atoms with Crippen molar-refractivity contribution in [2.45, 2.75) is 39.0 Å². The van der Waals surface area contributed by atoms with E-state index >= 15 is 0 Å². The van der Waals surface area contributed by atoms with Gasteiger partial charge in [0, 0.05) is 11.1 Å². The normalized spacial score (nSPS) is 19.3. The molecule has 0 bridgehead atoms. The van der Waals surface area contributed by atoms with Gasteiger partial charge in [-0.25, -0.2) is 0 Å². The van der Waals surface area contributed by atoms with Gasteiger partial charge >= 0.3 is 0 Å². The van der Waals surface area contributed by atoms with Gasteiger partial charge in [0.25, 0.3) is 0 Å². The Balaban J connectivity index is 1.50. The average molecular weight is 348 g/mol. The summed E-state index contributed by atoms with van der Waals surface area (Å²) in [7, 11) is 1.67. The molecule has 136 valence electrons. The highest BCUT2D eigenvalue weighted by Gasteiger charge is 2.20. The van der Waals surface area contributed by atoms with E-state index in [1.807, 2.05) is 48.5 Å². The number of methoxy groups -OCH3 is 1. The minimum absolute atomic E-state index is 0.715. The zero-order chi connectivity index (χ0) is 18.2. The van der Waals surface area contributed by atoms with Crippen LogP contribution in [0.4, 0.5) is 0 Å². The molecule has 0 N–H and O–H groups in total. The largest absolute Gasteiger partial charge is 0.497 e. The number of hydrogen-bond acceptors (Lipinski definition) is 2. The molecule has 0 spiro atoms. The molecule has 2 aromatic rings. The van der Waals surface area contributed by atoms with Gasteiger partial charge in [0.05, 0.1) is 13.7 Å². The summed E-state index contributed by atoms with van der Waals surface area (Å²) in [5, 5.41) is 0. The van der Waals surface area contributed by atoms with Crippen LogP contribution in [-0.4, -0.2) is 13.7 Å². The second-order valence-corrected chi connectivity index (χ2v) is 7.11. The highest BCUT2D eigenvalue weighted by Crippen LogP contribution is 2.31. The lowest BCUT2D eigenvalue weighted by molar-refractivity contribution is 0.181. The second kappa shape index (κ2) is 9.34. The van der Waals surface area contributed by atoms with Crippen molar-refractivity contribution in [3.63, 3.8) is 0 Å². The van der Waals surface area contributed by atoms with Gasteiger partial charge in [0.1, 0.15) is 11.5 Å². The van der Waals surface area contributed by atoms with Crippen LogP contribution in [0.15, 0.2) is 48.5 Å². The third-order valence-corrected chi connectivity index (χ3v) is 5.32. The highest BCUT2D eigenvalue weighted by atomic mass is 16.5. The highest BCUT2D eigenvalue weighted by molar-refractivity contribution is 5.45. The van der Waals surface area contributed by atoms with Gasteiger partial charge in [-0.3, -0.25) is 0 Å². The topological polar surface area (TPSA) is 18.5 Å². The molecule has 1 fully saturated rings. The van der Waals surface area contributed by atoms with E-state index in [1.54, 1.807) is 7.11 Å². The van der Waals surface area contributed by atoms with Gasteiger partial charge in [-0.1, -0.05) is 38.0 Å². The quantitative estimate of drug-likeness (QED) is 0.646. The maximum Gasteiger partial charge on any atom is 0.119 e. The fraction of sp³-hybridized carbons (Fsp3) is 0.417. The van der Waals surface area contributed by atoms with Gasteiger partial charge in [-0.15, -0.1) is 0 Å². The van der Waals surface area contributed by atoms with Crippen LogP contribution in [0, 0.1) is 23.7 Å². The number of benzene rings is 2. The van der Waals surface area contributed by atoms with Crippen molar-refractivity contribution in [3.05, 3.63) is 59.7 Å². The second-order valence-electron chi connectivity index (χ2n) is 7.11. The summed E-state index contributed by atoms with van der Waals surface area (Å²) >= 11 is 0. The van der Waals surface area contributed by atoms with Gasteiger partial charge in [0.15, 0.2) is 0 Å². The van der Waals surface area contributed by atoms with E-state index in [-0.39, 0.29) is 0 Å². The van der Waals surface area contributed by atoms with Crippen molar-refractivity contribution in [1.82, 2.24) is 0 Å². The fourth-order valence-electron chi connectivity index (χ4n) is 3.47. The molecule has 1 aliphatic rings. The lowest BCUT2D eigenvalue weighted by Gasteiger charge is -2.27. The van der Waals surface area contributed by atoms with E-state index in [0.717, 1.165) is 35.2 Å². The number of hydrogen-bond donors (Lipinski definition) is 0. The van der Waals surface area contributed by atoms with Crippen LogP contribution in [-0.2, 0) is 0 Å². The minimum Gasteiger partial charge on any atom is -0.497 e. The Hall–Kier alpha value is -2.40. The van der Waals surface area contributed by atoms with Gasteiger partial charge in [-0.05, 0) is 73.2 Å². The van der Waals surface area contributed by atoms with E-state index in [1.165, 1.54) is 32.1 Å². The summed E-state index contributed by atoms with van der Waals surface area (Å²) in [6.07, 6.45) is 6.68. The van der Waals surface area contributed by atoms with Crippen LogP contribution >= 0.6 is 0 Å². The van der Waals surface area contributed by atoms with E-state index in [0.29, 0.717) is 5.92 Å². The SMILES string of the molecule is CC[C@H]1CC[C@H](COc2ccc(C#Cc3ccc(OC)cc3)cc2)CC1. The first-order valence-electron chi connectivity index (χ1n) is 9.65. The minimum atomic E-state index is 0.715. The van der Waals surface area contributed by atoms with Crippen LogP contribution in [0.3, 0.4) is 0 Å². The smallest absolute Gasteiger partial charge is 0.119 e. The molecule has 1 aliphatic carbocycles.